The smallest absolute Gasteiger partial charge is 0.229 e. The van der Waals surface area contributed by atoms with E-state index in [1.165, 1.54) is 0 Å². The van der Waals surface area contributed by atoms with Gasteiger partial charge in [-0.2, -0.15) is 4.98 Å². The molecule has 3 rings (SSSR count). The summed E-state index contributed by atoms with van der Waals surface area (Å²) < 4.78 is 11.1. The molecular formula is C21H32ClN7O2. The number of benzene rings is 1. The fraction of sp³-hybridized carbons (Fsp3) is 0.524. The summed E-state index contributed by atoms with van der Waals surface area (Å²) in [6, 6.07) is 3.77. The summed E-state index contributed by atoms with van der Waals surface area (Å²) in [5, 5.41) is 3.74. The number of anilines is 5. The Hall–Kier alpha value is -2.49. The van der Waals surface area contributed by atoms with Crippen molar-refractivity contribution < 1.29 is 9.47 Å². The Morgan fingerprint density at radius 3 is 2.77 bits per heavy atom. The highest BCUT2D eigenvalue weighted by atomic mass is 35.5. The van der Waals surface area contributed by atoms with Crippen LogP contribution in [-0.4, -0.2) is 82.5 Å². The normalized spacial score (nSPS) is 14.5. The molecule has 2 heterocycles. The van der Waals surface area contributed by atoms with E-state index in [0.29, 0.717) is 40.5 Å². The third-order valence-corrected chi connectivity index (χ3v) is 5.40. The first-order valence-corrected chi connectivity index (χ1v) is 10.7. The fourth-order valence-corrected chi connectivity index (χ4v) is 3.58. The van der Waals surface area contributed by atoms with Gasteiger partial charge in [0.15, 0.2) is 5.82 Å². The quantitative estimate of drug-likeness (QED) is 0.590. The van der Waals surface area contributed by atoms with Crippen LogP contribution in [0.15, 0.2) is 18.3 Å². The van der Waals surface area contributed by atoms with Crippen LogP contribution in [0.25, 0.3) is 0 Å². The number of nitrogens with one attached hydrogen (secondary N) is 1. The van der Waals surface area contributed by atoms with E-state index in [2.05, 4.69) is 30.0 Å². The summed E-state index contributed by atoms with van der Waals surface area (Å²) in [5.41, 5.74) is 8.60. The van der Waals surface area contributed by atoms with E-state index >= 15 is 0 Å². The van der Waals surface area contributed by atoms with E-state index in [-0.39, 0.29) is 0 Å². The van der Waals surface area contributed by atoms with Crippen molar-refractivity contribution in [3.05, 3.63) is 23.4 Å². The predicted molar refractivity (Wildman–Crippen MR) is 127 cm³/mol. The van der Waals surface area contributed by atoms with E-state index < -0.39 is 0 Å². The van der Waals surface area contributed by atoms with Crippen molar-refractivity contribution in [1.82, 2.24) is 14.9 Å². The van der Waals surface area contributed by atoms with Gasteiger partial charge in [-0.1, -0.05) is 11.6 Å². The highest BCUT2D eigenvalue weighted by molar-refractivity contribution is 6.32. The zero-order valence-electron chi connectivity index (χ0n) is 18.7. The summed E-state index contributed by atoms with van der Waals surface area (Å²) in [7, 11) is 7.74. The lowest BCUT2D eigenvalue weighted by molar-refractivity contribution is 0.152. The second-order valence-corrected chi connectivity index (χ2v) is 8.19. The Balaban J connectivity index is 1.83. The molecule has 1 aromatic heterocycles. The van der Waals surface area contributed by atoms with E-state index in [9.17, 15) is 0 Å². The van der Waals surface area contributed by atoms with Crippen molar-refractivity contribution in [3.8, 4) is 5.75 Å². The first-order chi connectivity index (χ1) is 14.9. The topological polar surface area (TPSA) is 92.0 Å². The van der Waals surface area contributed by atoms with Gasteiger partial charge in [-0.3, -0.25) is 0 Å². The number of ether oxygens (including phenoxy) is 2. The molecule has 1 fully saturated rings. The third kappa shape index (κ3) is 6.03. The molecule has 1 aliphatic heterocycles. The summed E-state index contributed by atoms with van der Waals surface area (Å²) in [5.74, 6) is 1.77. The number of hydrogen-bond donors (Lipinski definition) is 2. The molecule has 0 aliphatic carbocycles. The first kappa shape index (κ1) is 23.2. The Bertz CT molecular complexity index is 873. The maximum absolute atomic E-state index is 6.39. The monoisotopic (exact) mass is 449 g/mol. The minimum absolute atomic E-state index is 0.427. The Kier molecular flexibility index (Phi) is 8.00. The van der Waals surface area contributed by atoms with Crippen LogP contribution in [0, 0.1) is 0 Å². The van der Waals surface area contributed by atoms with Gasteiger partial charge in [0.05, 0.1) is 37.0 Å². The van der Waals surface area contributed by atoms with Crippen molar-refractivity contribution >= 4 is 40.4 Å². The highest BCUT2D eigenvalue weighted by Crippen LogP contribution is 2.36. The maximum Gasteiger partial charge on any atom is 0.229 e. The van der Waals surface area contributed by atoms with Crippen LogP contribution < -0.4 is 25.6 Å². The van der Waals surface area contributed by atoms with Gasteiger partial charge in [0.2, 0.25) is 5.95 Å². The molecule has 0 unspecified atom stereocenters. The number of nitrogens with zero attached hydrogens (tertiary/aromatic N) is 5. The number of nitrogens with two attached hydrogens (primary N) is 1. The second kappa shape index (κ2) is 10.7. The van der Waals surface area contributed by atoms with Crippen molar-refractivity contribution in [2.24, 2.45) is 0 Å². The van der Waals surface area contributed by atoms with E-state index in [0.717, 1.165) is 44.9 Å². The molecule has 0 spiro atoms. The number of nitrogen functional groups attached to an aromatic ring is 1. The molecule has 1 aliphatic rings. The number of aromatic nitrogens is 2. The third-order valence-electron chi connectivity index (χ3n) is 5.14. The van der Waals surface area contributed by atoms with Crippen LogP contribution in [0.1, 0.15) is 6.42 Å². The summed E-state index contributed by atoms with van der Waals surface area (Å²) in [6.07, 6.45) is 2.54. The lowest BCUT2D eigenvalue weighted by atomic mass is 10.2. The van der Waals surface area contributed by atoms with E-state index in [1.807, 2.05) is 33.3 Å². The largest absolute Gasteiger partial charge is 0.494 e. The van der Waals surface area contributed by atoms with Crippen molar-refractivity contribution in [2.75, 3.05) is 88.5 Å². The Morgan fingerprint density at radius 2 is 2.03 bits per heavy atom. The first-order valence-electron chi connectivity index (χ1n) is 10.3. The SMILES string of the molecule is COc1cc(N(C)CCN(C)C)c(N)cc1Nc1ncc(Cl)c(N2CCCOCC2)n1. The Morgan fingerprint density at radius 1 is 1.23 bits per heavy atom. The standard InChI is InChI=1S/C21H32ClN7O2/c1-27(2)7-8-28(3)18-13-19(30-4)17(12-16(18)23)25-21-24-14-15(22)20(26-21)29-6-5-10-31-11-9-29/h12-14H,5-11,23H2,1-4H3,(H,24,25,26). The minimum atomic E-state index is 0.427. The second-order valence-electron chi connectivity index (χ2n) is 7.78. The molecule has 0 atom stereocenters. The molecule has 10 heteroatoms. The van der Waals surface area contributed by atoms with Gasteiger partial charge < -0.3 is 35.2 Å². The lowest BCUT2D eigenvalue weighted by Crippen LogP contribution is -2.29. The van der Waals surface area contributed by atoms with E-state index in [1.54, 1.807) is 13.3 Å². The number of likely N-dealkylation sites (N-methyl/N-ethyl adjacent to an activating group) is 2. The number of halogens is 1. The molecule has 31 heavy (non-hydrogen) atoms. The lowest BCUT2D eigenvalue weighted by Gasteiger charge is -2.25. The summed E-state index contributed by atoms with van der Waals surface area (Å²) in [4.78, 5) is 15.4. The zero-order chi connectivity index (χ0) is 22.4. The summed E-state index contributed by atoms with van der Waals surface area (Å²) >= 11 is 6.39. The molecule has 1 saturated heterocycles. The fourth-order valence-electron chi connectivity index (χ4n) is 3.37. The molecule has 0 radical (unpaired) electrons. The van der Waals surface area contributed by atoms with Crippen LogP contribution >= 0.6 is 11.6 Å². The number of methoxy groups -OCH3 is 1. The average molecular weight is 450 g/mol. The van der Waals surface area contributed by atoms with Gasteiger partial charge in [-0.25, -0.2) is 4.98 Å². The van der Waals surface area contributed by atoms with Crippen molar-refractivity contribution in [3.63, 3.8) is 0 Å². The molecule has 3 N–H and O–H groups in total. The molecule has 0 amide bonds. The average Bonchev–Trinajstić information content (AvgIpc) is 3.03. The molecule has 0 bridgehead atoms. The van der Waals surface area contributed by atoms with Gasteiger partial charge in [0.25, 0.3) is 0 Å². The highest BCUT2D eigenvalue weighted by Gasteiger charge is 2.18. The summed E-state index contributed by atoms with van der Waals surface area (Å²) in [6.45, 7) is 4.73. The number of rotatable bonds is 8. The molecule has 1 aromatic carbocycles. The van der Waals surface area contributed by atoms with Gasteiger partial charge in [-0.05, 0) is 26.6 Å². The van der Waals surface area contributed by atoms with Crippen LogP contribution in [0.3, 0.4) is 0 Å². The van der Waals surface area contributed by atoms with Gasteiger partial charge in [-0.15, -0.1) is 0 Å². The van der Waals surface area contributed by atoms with Gasteiger partial charge >= 0.3 is 0 Å². The Labute approximate surface area is 189 Å². The van der Waals surface area contributed by atoms with Crippen LogP contribution in [0.2, 0.25) is 5.02 Å². The van der Waals surface area contributed by atoms with Gasteiger partial charge in [0, 0.05) is 45.9 Å². The van der Waals surface area contributed by atoms with Crippen molar-refractivity contribution in [1.29, 1.82) is 0 Å². The molecule has 170 valence electrons. The zero-order valence-corrected chi connectivity index (χ0v) is 19.4. The van der Waals surface area contributed by atoms with Crippen molar-refractivity contribution in [2.45, 2.75) is 6.42 Å². The maximum atomic E-state index is 6.39. The number of hydrogen-bond acceptors (Lipinski definition) is 9. The van der Waals surface area contributed by atoms with E-state index in [4.69, 9.17) is 26.8 Å². The molecule has 9 nitrogen and oxygen atoms in total. The predicted octanol–water partition coefficient (Wildman–Crippen LogP) is 2.69. The molecular weight excluding hydrogens is 418 g/mol. The molecule has 0 saturated carbocycles. The van der Waals surface area contributed by atoms with Crippen LogP contribution in [0.5, 0.6) is 5.75 Å². The minimum Gasteiger partial charge on any atom is -0.494 e. The van der Waals surface area contributed by atoms with Crippen LogP contribution in [-0.2, 0) is 4.74 Å². The van der Waals surface area contributed by atoms with Gasteiger partial charge in [0.1, 0.15) is 10.8 Å². The van der Waals surface area contributed by atoms with Crippen LogP contribution in [0.4, 0.5) is 28.8 Å². The molecule has 2 aromatic rings.